The molecule has 2 heterocycles. The normalized spacial score (nSPS) is 21.5. The van der Waals surface area contributed by atoms with Gasteiger partial charge < -0.3 is 14.4 Å². The van der Waals surface area contributed by atoms with Crippen LogP contribution in [0.5, 0.6) is 0 Å². The molecule has 1 fully saturated rings. The molecule has 0 bridgehead atoms. The van der Waals surface area contributed by atoms with Crippen molar-refractivity contribution in [3.05, 3.63) is 42.7 Å². The van der Waals surface area contributed by atoms with Gasteiger partial charge in [-0.15, -0.1) is 6.58 Å². The van der Waals surface area contributed by atoms with Crippen LogP contribution in [0.1, 0.15) is 12.0 Å². The van der Waals surface area contributed by atoms with Gasteiger partial charge in [-0.2, -0.15) is 0 Å². The summed E-state index contributed by atoms with van der Waals surface area (Å²) in [7, 11) is 1.54. The van der Waals surface area contributed by atoms with Crippen LogP contribution < -0.4 is 0 Å². The molecule has 0 radical (unpaired) electrons. The number of amides is 1. The number of carbonyl (C=O) groups is 1. The lowest BCUT2D eigenvalue weighted by molar-refractivity contribution is -0.137. The van der Waals surface area contributed by atoms with Crippen molar-refractivity contribution in [2.75, 3.05) is 26.9 Å². The van der Waals surface area contributed by atoms with Gasteiger partial charge in [-0.05, 0) is 30.5 Å². The molecule has 0 spiro atoms. The molecule has 1 aromatic heterocycles. The van der Waals surface area contributed by atoms with E-state index in [0.29, 0.717) is 13.2 Å². The van der Waals surface area contributed by atoms with Gasteiger partial charge in [0.1, 0.15) is 6.61 Å². The van der Waals surface area contributed by atoms with E-state index < -0.39 is 0 Å². The molecule has 5 nitrogen and oxygen atoms in total. The Morgan fingerprint density at radius 3 is 2.95 bits per heavy atom. The highest BCUT2D eigenvalue weighted by Crippen LogP contribution is 2.24. The maximum absolute atomic E-state index is 12.2. The smallest absolute Gasteiger partial charge is 0.248 e. The maximum atomic E-state index is 12.2. The molecule has 1 saturated heterocycles. The van der Waals surface area contributed by atoms with Crippen molar-refractivity contribution in [1.29, 1.82) is 0 Å². The summed E-state index contributed by atoms with van der Waals surface area (Å²) in [5, 5.41) is 0. The number of rotatable bonds is 7. The number of hydrogen-bond donors (Lipinski definition) is 0. The van der Waals surface area contributed by atoms with E-state index in [1.54, 1.807) is 18.5 Å². The van der Waals surface area contributed by atoms with Gasteiger partial charge in [-0.3, -0.25) is 9.78 Å². The van der Waals surface area contributed by atoms with Gasteiger partial charge in [0.2, 0.25) is 5.91 Å². The first-order valence-corrected chi connectivity index (χ1v) is 7.16. The summed E-state index contributed by atoms with van der Waals surface area (Å²) in [5.41, 5.74) is 1.15. The lowest BCUT2D eigenvalue weighted by Gasteiger charge is -2.28. The molecule has 0 aromatic carbocycles. The van der Waals surface area contributed by atoms with Crippen molar-refractivity contribution >= 4 is 5.91 Å². The monoisotopic (exact) mass is 290 g/mol. The Bertz CT molecular complexity index is 464. The van der Waals surface area contributed by atoms with E-state index in [0.717, 1.165) is 18.4 Å². The number of carbonyl (C=O) groups excluding carboxylic acids is 1. The highest BCUT2D eigenvalue weighted by Gasteiger charge is 2.37. The Hall–Kier alpha value is -1.72. The molecule has 2 atom stereocenters. The molecule has 1 aromatic rings. The fourth-order valence-corrected chi connectivity index (χ4v) is 2.73. The molecule has 0 N–H and O–H groups in total. The van der Waals surface area contributed by atoms with Gasteiger partial charge in [0.25, 0.3) is 0 Å². The largest absolute Gasteiger partial charge is 0.375 e. The summed E-state index contributed by atoms with van der Waals surface area (Å²) in [6.45, 7) is 5.00. The van der Waals surface area contributed by atoms with Crippen LogP contribution in [0.3, 0.4) is 0 Å². The second-order valence-electron chi connectivity index (χ2n) is 5.10. The van der Waals surface area contributed by atoms with E-state index in [2.05, 4.69) is 11.6 Å². The standard InChI is InChI=1S/C16H22N2O3/c1-3-10-21-15-6-9-18(16(19)12-20-2)14(15)11-13-4-7-17-8-5-13/h3-5,7-8,14-15H,1,6,9-12H2,2H3/t14-,15-/m0/s1. The lowest BCUT2D eigenvalue weighted by atomic mass is 10.0. The van der Waals surface area contributed by atoms with Crippen molar-refractivity contribution in [3.8, 4) is 0 Å². The molecule has 0 saturated carbocycles. The van der Waals surface area contributed by atoms with E-state index >= 15 is 0 Å². The van der Waals surface area contributed by atoms with E-state index in [4.69, 9.17) is 9.47 Å². The first kappa shape index (κ1) is 15.7. The minimum atomic E-state index is 0.0151. The highest BCUT2D eigenvalue weighted by molar-refractivity contribution is 5.78. The second kappa shape index (κ2) is 7.90. The van der Waals surface area contributed by atoms with E-state index in [1.165, 1.54) is 7.11 Å². The average molecular weight is 290 g/mol. The van der Waals surface area contributed by atoms with E-state index in [-0.39, 0.29) is 24.7 Å². The van der Waals surface area contributed by atoms with Gasteiger partial charge in [0.05, 0.1) is 18.8 Å². The van der Waals surface area contributed by atoms with Crippen LogP contribution in [0.25, 0.3) is 0 Å². The Labute approximate surface area is 125 Å². The summed E-state index contributed by atoms with van der Waals surface area (Å²) in [6.07, 6.45) is 6.93. The predicted molar refractivity (Wildman–Crippen MR) is 79.9 cm³/mol. The zero-order valence-electron chi connectivity index (χ0n) is 12.4. The van der Waals surface area contributed by atoms with Crippen LogP contribution in [-0.2, 0) is 20.7 Å². The summed E-state index contributed by atoms with van der Waals surface area (Å²) in [4.78, 5) is 18.1. The minimum Gasteiger partial charge on any atom is -0.375 e. The molecule has 1 amide bonds. The zero-order valence-corrected chi connectivity index (χ0v) is 12.4. The third-order valence-electron chi connectivity index (χ3n) is 3.69. The molecule has 0 aliphatic carbocycles. The summed E-state index contributed by atoms with van der Waals surface area (Å²) >= 11 is 0. The van der Waals surface area contributed by atoms with Crippen LogP contribution in [0.15, 0.2) is 37.2 Å². The third kappa shape index (κ3) is 4.12. The fourth-order valence-electron chi connectivity index (χ4n) is 2.73. The number of aromatic nitrogens is 1. The molecule has 5 heteroatoms. The van der Waals surface area contributed by atoms with Crippen LogP contribution >= 0.6 is 0 Å². The fraction of sp³-hybridized carbons (Fsp3) is 0.500. The first-order valence-electron chi connectivity index (χ1n) is 7.16. The maximum Gasteiger partial charge on any atom is 0.248 e. The van der Waals surface area contributed by atoms with E-state index in [1.807, 2.05) is 17.0 Å². The molecular weight excluding hydrogens is 268 g/mol. The number of methoxy groups -OCH3 is 1. The Kier molecular flexibility index (Phi) is 5.90. The van der Waals surface area contributed by atoms with Crippen LogP contribution in [0, 0.1) is 0 Å². The van der Waals surface area contributed by atoms with Gasteiger partial charge in [0, 0.05) is 26.0 Å². The second-order valence-corrected chi connectivity index (χ2v) is 5.10. The molecule has 114 valence electrons. The Morgan fingerprint density at radius 2 is 2.29 bits per heavy atom. The third-order valence-corrected chi connectivity index (χ3v) is 3.69. The summed E-state index contributed by atoms with van der Waals surface area (Å²) in [5.74, 6) is 0.0151. The summed E-state index contributed by atoms with van der Waals surface area (Å²) in [6, 6.07) is 3.99. The topological polar surface area (TPSA) is 51.7 Å². The molecule has 1 aliphatic rings. The van der Waals surface area contributed by atoms with Crippen LogP contribution in [0.2, 0.25) is 0 Å². The van der Waals surface area contributed by atoms with E-state index in [9.17, 15) is 4.79 Å². The first-order chi connectivity index (χ1) is 10.3. The van der Waals surface area contributed by atoms with Crippen molar-refractivity contribution in [1.82, 2.24) is 9.88 Å². The Morgan fingerprint density at radius 1 is 1.52 bits per heavy atom. The van der Waals surface area contributed by atoms with Crippen LogP contribution in [0.4, 0.5) is 0 Å². The molecule has 0 unspecified atom stereocenters. The minimum absolute atomic E-state index is 0.0151. The average Bonchev–Trinajstić information content (AvgIpc) is 2.89. The summed E-state index contributed by atoms with van der Waals surface area (Å²) < 4.78 is 10.8. The van der Waals surface area contributed by atoms with Gasteiger partial charge in [-0.1, -0.05) is 6.08 Å². The number of ether oxygens (including phenoxy) is 2. The Balaban J connectivity index is 2.10. The van der Waals surface area contributed by atoms with Crippen LogP contribution in [-0.4, -0.2) is 54.8 Å². The lowest BCUT2D eigenvalue weighted by Crippen LogP contribution is -2.43. The number of nitrogens with zero attached hydrogens (tertiary/aromatic N) is 2. The highest BCUT2D eigenvalue weighted by atomic mass is 16.5. The number of likely N-dealkylation sites (tertiary alicyclic amines) is 1. The van der Waals surface area contributed by atoms with Gasteiger partial charge >= 0.3 is 0 Å². The SMILES string of the molecule is C=CCO[C@H]1CCN(C(=O)COC)[C@H]1Cc1ccncc1. The predicted octanol–water partition coefficient (Wildman–Crippen LogP) is 1.44. The van der Waals surface area contributed by atoms with Crippen molar-refractivity contribution in [2.45, 2.75) is 25.0 Å². The van der Waals surface area contributed by atoms with Crippen molar-refractivity contribution < 1.29 is 14.3 Å². The number of pyridine rings is 1. The van der Waals surface area contributed by atoms with Gasteiger partial charge in [-0.25, -0.2) is 0 Å². The van der Waals surface area contributed by atoms with Crippen molar-refractivity contribution in [2.24, 2.45) is 0 Å². The molecule has 1 aliphatic heterocycles. The van der Waals surface area contributed by atoms with Gasteiger partial charge in [0.15, 0.2) is 0 Å². The zero-order chi connectivity index (χ0) is 15.1. The molecular formula is C16H22N2O3. The molecule has 2 rings (SSSR count). The quantitative estimate of drug-likeness (QED) is 0.713. The number of hydrogen-bond acceptors (Lipinski definition) is 4. The van der Waals surface area contributed by atoms with Crippen molar-refractivity contribution in [3.63, 3.8) is 0 Å². The molecule has 21 heavy (non-hydrogen) atoms.